The molecule has 2 saturated heterocycles. The Hall–Kier alpha value is -3.35. The lowest BCUT2D eigenvalue weighted by molar-refractivity contribution is 0.0705. The number of hydrogen-bond donors (Lipinski definition) is 1. The number of nitrogens with zero attached hydrogens (tertiary/aromatic N) is 3. The van der Waals surface area contributed by atoms with Crippen LogP contribution in [0.3, 0.4) is 0 Å². The van der Waals surface area contributed by atoms with Crippen LogP contribution < -0.4 is 20.1 Å². The number of amides is 2. The Morgan fingerprint density at radius 3 is 2.48 bits per heavy atom. The van der Waals surface area contributed by atoms with Crippen LogP contribution in [-0.4, -0.2) is 87.4 Å². The summed E-state index contributed by atoms with van der Waals surface area (Å²) >= 11 is 0. The largest absolute Gasteiger partial charge is 0.496 e. The zero-order valence-electron chi connectivity index (χ0n) is 22.7. The van der Waals surface area contributed by atoms with Gasteiger partial charge in [0.05, 0.1) is 24.1 Å². The predicted molar refractivity (Wildman–Crippen MR) is 149 cm³/mol. The first-order valence-electron chi connectivity index (χ1n) is 13.7. The van der Waals surface area contributed by atoms with Crippen LogP contribution in [0.2, 0.25) is 0 Å². The fourth-order valence-corrected chi connectivity index (χ4v) is 6.96. The number of benzene rings is 2. The molecule has 0 spiro atoms. The first-order valence-corrected chi connectivity index (χ1v) is 15.3. The van der Waals surface area contributed by atoms with E-state index in [1.54, 1.807) is 28.0 Å². The summed E-state index contributed by atoms with van der Waals surface area (Å²) in [5, 5.41) is 0. The quantitative estimate of drug-likeness (QED) is 0.511. The molecule has 3 aliphatic heterocycles. The highest BCUT2D eigenvalue weighted by Gasteiger charge is 2.35. The lowest BCUT2D eigenvalue weighted by Crippen LogP contribution is -2.50. The van der Waals surface area contributed by atoms with Crippen molar-refractivity contribution in [3.05, 3.63) is 53.6 Å². The van der Waals surface area contributed by atoms with Crippen molar-refractivity contribution in [2.24, 2.45) is 5.73 Å². The van der Waals surface area contributed by atoms with Crippen molar-refractivity contribution >= 4 is 27.7 Å². The van der Waals surface area contributed by atoms with E-state index < -0.39 is 10.0 Å². The van der Waals surface area contributed by atoms with E-state index in [2.05, 4.69) is 0 Å². The van der Waals surface area contributed by atoms with Gasteiger partial charge in [0.2, 0.25) is 10.0 Å². The van der Waals surface area contributed by atoms with Crippen LogP contribution in [-0.2, 0) is 21.4 Å². The summed E-state index contributed by atoms with van der Waals surface area (Å²) in [6.45, 7) is 2.15. The number of likely N-dealkylation sites (tertiary alicyclic amines) is 1. The maximum Gasteiger partial charge on any atom is 0.414 e. The van der Waals surface area contributed by atoms with E-state index in [4.69, 9.17) is 19.9 Å². The minimum Gasteiger partial charge on any atom is -0.496 e. The van der Waals surface area contributed by atoms with Gasteiger partial charge in [-0.3, -0.25) is 9.69 Å². The fraction of sp³-hybridized carbons (Fsp3) is 0.500. The highest BCUT2D eigenvalue weighted by Crippen LogP contribution is 2.33. The molecule has 0 radical (unpaired) electrons. The number of ether oxygens (including phenoxy) is 3. The first-order chi connectivity index (χ1) is 19.3. The molecule has 0 aromatic heterocycles. The van der Waals surface area contributed by atoms with E-state index in [9.17, 15) is 18.0 Å². The second-order valence-electron chi connectivity index (χ2n) is 10.3. The highest BCUT2D eigenvalue weighted by atomic mass is 32.2. The summed E-state index contributed by atoms with van der Waals surface area (Å²) in [6.07, 6.45) is 1.93. The van der Waals surface area contributed by atoms with Gasteiger partial charge in [-0.15, -0.1) is 0 Å². The molecule has 0 aliphatic carbocycles. The average molecular weight is 573 g/mol. The van der Waals surface area contributed by atoms with Crippen molar-refractivity contribution in [1.29, 1.82) is 0 Å². The molecule has 3 aliphatic rings. The van der Waals surface area contributed by atoms with Crippen molar-refractivity contribution in [3.63, 3.8) is 0 Å². The van der Waals surface area contributed by atoms with Crippen molar-refractivity contribution in [1.82, 2.24) is 9.21 Å². The van der Waals surface area contributed by atoms with Crippen molar-refractivity contribution < 1.29 is 32.2 Å². The van der Waals surface area contributed by atoms with Gasteiger partial charge in [0.15, 0.2) is 0 Å². The third-order valence-electron chi connectivity index (χ3n) is 7.79. The molecule has 216 valence electrons. The SMILES string of the molecule is COc1cc(OC2CCN(S(=O)(=O)CCN)CC2)ccc1C(=O)N1CCC(N2C(=O)OCc3ccccc32)CC1. The molecule has 2 fully saturated rings. The molecule has 0 unspecified atom stereocenters. The van der Waals surface area contributed by atoms with E-state index in [1.807, 2.05) is 24.3 Å². The Labute approximate surface area is 234 Å². The van der Waals surface area contributed by atoms with Gasteiger partial charge >= 0.3 is 6.09 Å². The second kappa shape index (κ2) is 12.0. The van der Waals surface area contributed by atoms with E-state index in [0.29, 0.717) is 68.9 Å². The Balaban J connectivity index is 1.19. The van der Waals surface area contributed by atoms with Gasteiger partial charge in [0.1, 0.15) is 24.2 Å². The number of anilines is 1. The summed E-state index contributed by atoms with van der Waals surface area (Å²) in [4.78, 5) is 29.6. The molecule has 12 heteroatoms. The number of hydrogen-bond acceptors (Lipinski definition) is 8. The summed E-state index contributed by atoms with van der Waals surface area (Å²) < 4.78 is 43.0. The third-order valence-corrected chi connectivity index (χ3v) is 9.70. The topological polar surface area (TPSA) is 132 Å². The van der Waals surface area contributed by atoms with Crippen molar-refractivity contribution in [2.45, 2.75) is 44.4 Å². The Morgan fingerprint density at radius 1 is 1.05 bits per heavy atom. The number of methoxy groups -OCH3 is 1. The first kappa shape index (κ1) is 28.2. The Morgan fingerprint density at radius 2 is 1.77 bits per heavy atom. The molecular weight excluding hydrogens is 536 g/mol. The lowest BCUT2D eigenvalue weighted by Gasteiger charge is -2.40. The smallest absolute Gasteiger partial charge is 0.414 e. The third kappa shape index (κ3) is 5.89. The van der Waals surface area contributed by atoms with Gasteiger partial charge in [-0.2, -0.15) is 0 Å². The summed E-state index contributed by atoms with van der Waals surface area (Å²) in [5.41, 5.74) is 7.73. The van der Waals surface area contributed by atoms with Gasteiger partial charge in [-0.25, -0.2) is 17.5 Å². The number of para-hydroxylation sites is 1. The molecule has 0 saturated carbocycles. The van der Waals surface area contributed by atoms with Gasteiger partial charge in [-0.1, -0.05) is 18.2 Å². The maximum atomic E-state index is 13.4. The zero-order chi connectivity index (χ0) is 28.3. The molecule has 2 amide bonds. The monoisotopic (exact) mass is 572 g/mol. The number of piperidine rings is 2. The van der Waals surface area contributed by atoms with E-state index >= 15 is 0 Å². The molecule has 11 nitrogen and oxygen atoms in total. The summed E-state index contributed by atoms with van der Waals surface area (Å²) in [6, 6.07) is 12.9. The molecule has 3 heterocycles. The molecule has 5 rings (SSSR count). The van der Waals surface area contributed by atoms with Crippen LogP contribution in [0.4, 0.5) is 10.5 Å². The lowest BCUT2D eigenvalue weighted by atomic mass is 10.00. The van der Waals surface area contributed by atoms with E-state index in [1.165, 1.54) is 11.4 Å². The van der Waals surface area contributed by atoms with Crippen LogP contribution in [0.5, 0.6) is 11.5 Å². The van der Waals surface area contributed by atoms with Crippen LogP contribution >= 0.6 is 0 Å². The predicted octanol–water partition coefficient (Wildman–Crippen LogP) is 2.59. The van der Waals surface area contributed by atoms with Crippen LogP contribution in [0, 0.1) is 0 Å². The second-order valence-corrected chi connectivity index (χ2v) is 12.3. The number of rotatable bonds is 8. The number of carbonyl (C=O) groups is 2. The average Bonchev–Trinajstić information content (AvgIpc) is 2.97. The summed E-state index contributed by atoms with van der Waals surface area (Å²) in [5.74, 6) is 0.794. The molecule has 0 atom stereocenters. The standard InChI is InChI=1S/C28H36N4O7S/c1-37-26-18-23(39-22-10-15-31(16-11-22)40(35,36)17-12-29)6-7-24(26)27(33)30-13-8-21(9-14-30)32-25-5-3-2-4-20(25)19-38-28(32)34/h2-7,18,21-22H,8-17,19,29H2,1H3. The fourth-order valence-electron chi connectivity index (χ4n) is 5.64. The Kier molecular flexibility index (Phi) is 8.48. The number of nitrogens with two attached hydrogens (primary N) is 1. The summed E-state index contributed by atoms with van der Waals surface area (Å²) in [7, 11) is -1.81. The molecule has 0 bridgehead atoms. The van der Waals surface area contributed by atoms with Crippen molar-refractivity contribution in [3.8, 4) is 11.5 Å². The molecule has 2 aromatic rings. The number of cyclic esters (lactones) is 1. The minimum absolute atomic E-state index is 0.0487. The van der Waals surface area contributed by atoms with Gasteiger partial charge in [0.25, 0.3) is 5.91 Å². The van der Waals surface area contributed by atoms with Crippen molar-refractivity contribution in [2.75, 3.05) is 50.5 Å². The maximum absolute atomic E-state index is 13.4. The van der Waals surface area contributed by atoms with Gasteiger partial charge in [-0.05, 0) is 43.9 Å². The number of carbonyl (C=O) groups excluding carboxylic acids is 2. The van der Waals surface area contributed by atoms with Crippen LogP contribution in [0.25, 0.3) is 0 Å². The van der Waals surface area contributed by atoms with Crippen LogP contribution in [0.15, 0.2) is 42.5 Å². The van der Waals surface area contributed by atoms with Gasteiger partial charge < -0.3 is 24.8 Å². The van der Waals surface area contributed by atoms with E-state index in [-0.39, 0.29) is 43.1 Å². The van der Waals surface area contributed by atoms with Gasteiger partial charge in [0, 0.05) is 50.4 Å². The minimum atomic E-state index is -3.33. The Bertz CT molecular complexity index is 1340. The molecule has 2 aromatic carbocycles. The molecule has 2 N–H and O–H groups in total. The van der Waals surface area contributed by atoms with E-state index in [0.717, 1.165) is 11.3 Å². The molecular formula is C28H36N4O7S. The number of sulfonamides is 1. The zero-order valence-corrected chi connectivity index (χ0v) is 23.5. The van der Waals surface area contributed by atoms with Crippen LogP contribution in [0.1, 0.15) is 41.6 Å². The normalized spacial score (nSPS) is 19.2. The highest BCUT2D eigenvalue weighted by molar-refractivity contribution is 7.89. The number of fused-ring (bicyclic) bond motifs is 1. The molecule has 40 heavy (non-hydrogen) atoms.